The van der Waals surface area contributed by atoms with Crippen LogP contribution in [0.2, 0.25) is 0 Å². The van der Waals surface area contributed by atoms with E-state index in [4.69, 9.17) is 14.2 Å². The highest BCUT2D eigenvalue weighted by Crippen LogP contribution is 2.12. The lowest BCUT2D eigenvalue weighted by molar-refractivity contribution is -0.887. The van der Waals surface area contributed by atoms with Gasteiger partial charge in [-0.05, 0) is 57.8 Å². The Kier molecular flexibility index (Phi) is 31.2. The van der Waals surface area contributed by atoms with Crippen LogP contribution in [0.3, 0.4) is 0 Å². The minimum Gasteiger partial charge on any atom is -0.477 e. The van der Waals surface area contributed by atoms with Crippen molar-refractivity contribution in [3.63, 3.8) is 0 Å². The van der Waals surface area contributed by atoms with E-state index in [1.165, 1.54) is 44.9 Å². The Labute approximate surface area is 305 Å². The average Bonchev–Trinajstić information content (AvgIpc) is 3.06. The number of ether oxygens (including phenoxy) is 3. The van der Waals surface area contributed by atoms with Crippen LogP contribution in [0.5, 0.6) is 0 Å². The Hall–Kier alpha value is -2.97. The lowest BCUT2D eigenvalue weighted by Crippen LogP contribution is -2.50. The molecule has 0 bridgehead atoms. The number of unbranched alkanes of at least 4 members (excludes halogenated alkanes) is 10. The third-order valence-electron chi connectivity index (χ3n) is 8.18. The number of carbonyl (C=O) groups excluding carboxylic acids is 2. The van der Waals surface area contributed by atoms with Gasteiger partial charge in [-0.3, -0.25) is 9.59 Å². The van der Waals surface area contributed by atoms with Gasteiger partial charge in [0, 0.05) is 12.8 Å². The SMILES string of the molecule is CC/C=C/C/C=C/C/C=C/CC(=O)OCC(COCCC(C(=O)O)[N+](C)(C)C)OC(=O)CCCCCCCCC/C=C/C/C=C/CCCCC. The molecule has 0 aliphatic rings. The molecule has 0 saturated carbocycles. The molecule has 0 heterocycles. The molecule has 0 rings (SSSR count). The number of carboxylic acid groups (broad SMARTS) is 1. The van der Waals surface area contributed by atoms with Crippen molar-refractivity contribution >= 4 is 17.9 Å². The number of aliphatic carboxylic acids is 1. The Bertz CT molecular complexity index is 1010. The van der Waals surface area contributed by atoms with Crippen molar-refractivity contribution in [2.24, 2.45) is 0 Å². The normalized spacial score (nSPS) is 13.7. The first-order valence-electron chi connectivity index (χ1n) is 19.3. The fraction of sp³-hybridized carbons (Fsp3) is 0.690. The van der Waals surface area contributed by atoms with Gasteiger partial charge in [-0.25, -0.2) is 4.79 Å². The van der Waals surface area contributed by atoms with Crippen LogP contribution < -0.4 is 0 Å². The minimum absolute atomic E-state index is 0.0283. The highest BCUT2D eigenvalue weighted by Gasteiger charge is 2.31. The molecule has 2 unspecified atom stereocenters. The molecule has 0 aromatic rings. The van der Waals surface area contributed by atoms with Gasteiger partial charge in [0.25, 0.3) is 0 Å². The standard InChI is InChI=1S/C42H71NO7/c1-6-8-10-12-14-16-17-18-19-20-21-22-23-25-27-29-31-33-41(45)50-38(36-48-35-34-39(42(46)47)43(3,4)5)37-49-40(44)32-30-28-26-24-15-13-11-9-7-2/h9,11,14-16,18-19,24,28,30,38-39H,6-8,10,12-13,17,20-23,25-27,29,31-37H2,1-5H3/p+1/b11-9+,16-14+,19-18+,24-15+,30-28+. The molecule has 2 atom stereocenters. The Balaban J connectivity index is 4.46. The van der Waals surface area contributed by atoms with Gasteiger partial charge in [0.1, 0.15) is 6.61 Å². The quantitative estimate of drug-likeness (QED) is 0.0315. The molecule has 0 saturated heterocycles. The number of rotatable bonds is 33. The maximum atomic E-state index is 12.6. The monoisotopic (exact) mass is 703 g/mol. The molecule has 0 aliphatic heterocycles. The number of quaternary nitrogens is 1. The fourth-order valence-electron chi connectivity index (χ4n) is 5.18. The summed E-state index contributed by atoms with van der Waals surface area (Å²) >= 11 is 0. The molecule has 0 aromatic carbocycles. The molecule has 0 amide bonds. The van der Waals surface area contributed by atoms with Crippen molar-refractivity contribution in [2.45, 2.75) is 148 Å². The first-order valence-corrected chi connectivity index (χ1v) is 19.3. The van der Waals surface area contributed by atoms with E-state index in [9.17, 15) is 19.5 Å². The number of carboxylic acids is 1. The van der Waals surface area contributed by atoms with Gasteiger partial charge in [-0.2, -0.15) is 0 Å². The van der Waals surface area contributed by atoms with Crippen molar-refractivity contribution in [1.29, 1.82) is 0 Å². The summed E-state index contributed by atoms with van der Waals surface area (Å²) in [6, 6.07) is -0.627. The van der Waals surface area contributed by atoms with Gasteiger partial charge in [0.2, 0.25) is 0 Å². The summed E-state index contributed by atoms with van der Waals surface area (Å²) in [5.74, 6) is -1.64. The van der Waals surface area contributed by atoms with Crippen LogP contribution in [0.4, 0.5) is 0 Å². The summed E-state index contributed by atoms with van der Waals surface area (Å²) in [5.41, 5.74) is 0. The van der Waals surface area contributed by atoms with E-state index in [-0.39, 0.29) is 36.7 Å². The molecule has 1 N–H and O–H groups in total. The van der Waals surface area contributed by atoms with Crippen LogP contribution in [0.15, 0.2) is 60.8 Å². The van der Waals surface area contributed by atoms with Crippen molar-refractivity contribution in [1.82, 2.24) is 0 Å². The summed E-state index contributed by atoms with van der Waals surface area (Å²) in [7, 11) is 5.48. The average molecular weight is 703 g/mol. The molecular weight excluding hydrogens is 630 g/mol. The van der Waals surface area contributed by atoms with Crippen LogP contribution in [-0.4, -0.2) is 80.6 Å². The summed E-state index contributed by atoms with van der Waals surface area (Å²) < 4.78 is 17.0. The van der Waals surface area contributed by atoms with Crippen LogP contribution in [0, 0.1) is 0 Å². The van der Waals surface area contributed by atoms with E-state index in [2.05, 4.69) is 62.5 Å². The van der Waals surface area contributed by atoms with E-state index < -0.39 is 24.1 Å². The van der Waals surface area contributed by atoms with E-state index >= 15 is 0 Å². The molecular formula is C42H72NO7+. The largest absolute Gasteiger partial charge is 0.477 e. The van der Waals surface area contributed by atoms with Crippen LogP contribution in [0.25, 0.3) is 0 Å². The third kappa shape index (κ3) is 31.0. The molecule has 0 fully saturated rings. The van der Waals surface area contributed by atoms with Gasteiger partial charge in [-0.1, -0.05) is 120 Å². The molecule has 0 aliphatic carbocycles. The molecule has 286 valence electrons. The summed E-state index contributed by atoms with van der Waals surface area (Å²) in [6.07, 6.45) is 38.7. The number of hydrogen-bond acceptors (Lipinski definition) is 6. The van der Waals surface area contributed by atoms with Gasteiger partial charge in [0.05, 0.1) is 40.8 Å². The van der Waals surface area contributed by atoms with Crippen molar-refractivity contribution in [3.05, 3.63) is 60.8 Å². The number of nitrogens with zero attached hydrogens (tertiary/aromatic N) is 1. The smallest absolute Gasteiger partial charge is 0.362 e. The highest BCUT2D eigenvalue weighted by atomic mass is 16.6. The van der Waals surface area contributed by atoms with Gasteiger partial charge >= 0.3 is 17.9 Å². The van der Waals surface area contributed by atoms with Crippen LogP contribution in [0.1, 0.15) is 136 Å². The molecule has 0 spiro atoms. The zero-order valence-electron chi connectivity index (χ0n) is 32.3. The summed E-state index contributed by atoms with van der Waals surface area (Å²) in [6.45, 7) is 4.45. The van der Waals surface area contributed by atoms with Gasteiger partial charge < -0.3 is 23.8 Å². The Morgan fingerprint density at radius 3 is 1.76 bits per heavy atom. The van der Waals surface area contributed by atoms with Crippen molar-refractivity contribution < 1.29 is 38.2 Å². The molecule has 8 nitrogen and oxygen atoms in total. The number of carbonyl (C=O) groups is 3. The van der Waals surface area contributed by atoms with Gasteiger partial charge in [-0.15, -0.1) is 0 Å². The number of likely N-dealkylation sites (N-methyl/N-ethyl adjacent to an activating group) is 1. The lowest BCUT2D eigenvalue weighted by Gasteiger charge is -2.31. The fourth-order valence-corrected chi connectivity index (χ4v) is 5.18. The van der Waals surface area contributed by atoms with E-state index in [0.29, 0.717) is 12.8 Å². The van der Waals surface area contributed by atoms with E-state index in [1.54, 1.807) is 6.08 Å². The van der Waals surface area contributed by atoms with Gasteiger partial charge in [0.15, 0.2) is 12.1 Å². The summed E-state index contributed by atoms with van der Waals surface area (Å²) in [4.78, 5) is 36.7. The van der Waals surface area contributed by atoms with Crippen LogP contribution in [-0.2, 0) is 28.6 Å². The molecule has 8 heteroatoms. The minimum atomic E-state index is -0.890. The second kappa shape index (κ2) is 33.2. The Morgan fingerprint density at radius 2 is 1.18 bits per heavy atom. The number of allylic oxidation sites excluding steroid dienone is 9. The maximum absolute atomic E-state index is 12.6. The van der Waals surface area contributed by atoms with Crippen molar-refractivity contribution in [2.75, 3.05) is 41.0 Å². The maximum Gasteiger partial charge on any atom is 0.362 e. The Morgan fingerprint density at radius 1 is 0.640 bits per heavy atom. The number of esters is 2. The number of hydrogen-bond donors (Lipinski definition) is 1. The van der Waals surface area contributed by atoms with Crippen LogP contribution >= 0.6 is 0 Å². The first-order chi connectivity index (χ1) is 24.1. The summed E-state index contributed by atoms with van der Waals surface area (Å²) in [5, 5.41) is 9.57. The molecule has 50 heavy (non-hydrogen) atoms. The molecule has 0 radical (unpaired) electrons. The highest BCUT2D eigenvalue weighted by molar-refractivity contribution is 5.72. The zero-order valence-corrected chi connectivity index (χ0v) is 32.3. The predicted octanol–water partition coefficient (Wildman–Crippen LogP) is 9.85. The second-order valence-corrected chi connectivity index (χ2v) is 13.8. The van der Waals surface area contributed by atoms with Crippen molar-refractivity contribution in [3.8, 4) is 0 Å². The lowest BCUT2D eigenvalue weighted by atomic mass is 10.1. The van der Waals surface area contributed by atoms with E-state index in [1.807, 2.05) is 27.2 Å². The third-order valence-corrected chi connectivity index (χ3v) is 8.18. The van der Waals surface area contributed by atoms with E-state index in [0.717, 1.165) is 57.8 Å². The first kappa shape index (κ1) is 47.0. The topological polar surface area (TPSA) is 99.1 Å². The predicted molar refractivity (Wildman–Crippen MR) is 206 cm³/mol. The zero-order chi connectivity index (χ0) is 37.1. The second-order valence-electron chi connectivity index (χ2n) is 13.8. The molecule has 0 aromatic heterocycles.